The molecule has 1 aliphatic rings. The Morgan fingerprint density at radius 2 is 2.19 bits per heavy atom. The second kappa shape index (κ2) is 5.43. The van der Waals surface area contributed by atoms with Gasteiger partial charge in [0.15, 0.2) is 0 Å². The van der Waals surface area contributed by atoms with Crippen LogP contribution in [0.3, 0.4) is 0 Å². The molecule has 4 heteroatoms. The van der Waals surface area contributed by atoms with Crippen molar-refractivity contribution in [2.45, 2.75) is 57.9 Å². The van der Waals surface area contributed by atoms with Gasteiger partial charge in [0.1, 0.15) is 0 Å². The fraction of sp³-hybridized carbons (Fsp3) is 0.833. The zero-order valence-corrected chi connectivity index (χ0v) is 10.2. The summed E-state index contributed by atoms with van der Waals surface area (Å²) in [6.07, 6.45) is 7.22. The van der Waals surface area contributed by atoms with Crippen molar-refractivity contribution < 1.29 is 0 Å². The Kier molecular flexibility index (Phi) is 3.93. The van der Waals surface area contributed by atoms with Gasteiger partial charge in [-0.1, -0.05) is 25.0 Å². The van der Waals surface area contributed by atoms with Crippen LogP contribution in [0.15, 0.2) is 0 Å². The molecule has 2 rings (SSSR count). The zero-order valence-electron chi connectivity index (χ0n) is 10.2. The van der Waals surface area contributed by atoms with Gasteiger partial charge in [0.05, 0.1) is 11.4 Å². The number of nitrogens with two attached hydrogens (primary N) is 1. The summed E-state index contributed by atoms with van der Waals surface area (Å²) in [5.41, 5.74) is 8.12. The molecule has 4 nitrogen and oxygen atoms in total. The normalized spacial score (nSPS) is 15.6. The Balaban J connectivity index is 2.04. The quantitative estimate of drug-likeness (QED) is 0.716. The minimum absolute atomic E-state index is 0.674. The van der Waals surface area contributed by atoms with Crippen LogP contribution in [0.1, 0.15) is 56.3 Å². The standard InChI is InChI=1S/C12H22N4/c1-2-3-4-9-16-12(10-5-6-10)11(7-8-13)14-15-16/h10H,2-9,13H2,1H3. The summed E-state index contributed by atoms with van der Waals surface area (Å²) >= 11 is 0. The Bertz CT molecular complexity index is 328. The number of aromatic nitrogens is 3. The largest absolute Gasteiger partial charge is 0.330 e. The van der Waals surface area contributed by atoms with Gasteiger partial charge in [0.25, 0.3) is 0 Å². The van der Waals surface area contributed by atoms with Gasteiger partial charge in [0, 0.05) is 18.9 Å². The number of hydrogen-bond acceptors (Lipinski definition) is 3. The van der Waals surface area contributed by atoms with Crippen molar-refractivity contribution in [3.05, 3.63) is 11.4 Å². The van der Waals surface area contributed by atoms with Crippen molar-refractivity contribution in [2.75, 3.05) is 6.54 Å². The lowest BCUT2D eigenvalue weighted by atomic mass is 10.1. The predicted molar refractivity (Wildman–Crippen MR) is 64.3 cm³/mol. The molecule has 0 bridgehead atoms. The lowest BCUT2D eigenvalue weighted by Gasteiger charge is -2.06. The van der Waals surface area contributed by atoms with E-state index in [2.05, 4.69) is 21.9 Å². The molecule has 0 aromatic carbocycles. The van der Waals surface area contributed by atoms with Crippen molar-refractivity contribution in [3.63, 3.8) is 0 Å². The average molecular weight is 222 g/mol. The van der Waals surface area contributed by atoms with Gasteiger partial charge >= 0.3 is 0 Å². The Hall–Kier alpha value is -0.900. The van der Waals surface area contributed by atoms with E-state index in [9.17, 15) is 0 Å². The molecule has 1 aromatic rings. The van der Waals surface area contributed by atoms with E-state index in [4.69, 9.17) is 5.73 Å². The van der Waals surface area contributed by atoms with Crippen molar-refractivity contribution in [3.8, 4) is 0 Å². The van der Waals surface area contributed by atoms with Gasteiger partial charge in [-0.3, -0.25) is 0 Å². The van der Waals surface area contributed by atoms with Crippen LogP contribution in [-0.4, -0.2) is 21.5 Å². The van der Waals surface area contributed by atoms with Crippen LogP contribution in [0.25, 0.3) is 0 Å². The molecule has 0 spiro atoms. The Labute approximate surface area is 97.2 Å². The van der Waals surface area contributed by atoms with Crippen molar-refractivity contribution in [1.82, 2.24) is 15.0 Å². The fourth-order valence-corrected chi connectivity index (χ4v) is 2.15. The molecule has 0 atom stereocenters. The molecule has 1 fully saturated rings. The highest BCUT2D eigenvalue weighted by molar-refractivity contribution is 5.20. The predicted octanol–water partition coefficient (Wildman–Crippen LogP) is 1.85. The third kappa shape index (κ3) is 2.61. The van der Waals surface area contributed by atoms with Gasteiger partial charge in [-0.25, -0.2) is 4.68 Å². The summed E-state index contributed by atoms with van der Waals surface area (Å²) < 4.78 is 2.12. The van der Waals surface area contributed by atoms with E-state index in [-0.39, 0.29) is 0 Å². The van der Waals surface area contributed by atoms with Crippen LogP contribution in [0, 0.1) is 0 Å². The van der Waals surface area contributed by atoms with Crippen LogP contribution in [0.4, 0.5) is 0 Å². The van der Waals surface area contributed by atoms with Gasteiger partial charge in [-0.05, 0) is 25.8 Å². The third-order valence-electron chi connectivity index (χ3n) is 3.17. The molecule has 1 saturated carbocycles. The summed E-state index contributed by atoms with van der Waals surface area (Å²) in [6.45, 7) is 3.92. The highest BCUT2D eigenvalue weighted by Crippen LogP contribution is 2.41. The summed E-state index contributed by atoms with van der Waals surface area (Å²) in [4.78, 5) is 0. The van der Waals surface area contributed by atoms with Crippen LogP contribution in [0.2, 0.25) is 0 Å². The van der Waals surface area contributed by atoms with Gasteiger partial charge < -0.3 is 5.73 Å². The lowest BCUT2D eigenvalue weighted by molar-refractivity contribution is 0.520. The smallest absolute Gasteiger partial charge is 0.0874 e. The van der Waals surface area contributed by atoms with E-state index in [0.29, 0.717) is 6.54 Å². The third-order valence-corrected chi connectivity index (χ3v) is 3.17. The second-order valence-corrected chi connectivity index (χ2v) is 4.66. The number of nitrogens with zero attached hydrogens (tertiary/aromatic N) is 3. The van der Waals surface area contributed by atoms with Gasteiger partial charge in [0.2, 0.25) is 0 Å². The SMILES string of the molecule is CCCCCn1nnc(CCN)c1C1CC1. The molecule has 1 aliphatic carbocycles. The van der Waals surface area contributed by atoms with E-state index >= 15 is 0 Å². The monoisotopic (exact) mass is 222 g/mol. The molecule has 0 radical (unpaired) electrons. The molecular formula is C12H22N4. The number of aryl methyl sites for hydroxylation is 1. The molecule has 16 heavy (non-hydrogen) atoms. The van der Waals surface area contributed by atoms with Crippen LogP contribution < -0.4 is 5.73 Å². The summed E-state index contributed by atoms with van der Waals surface area (Å²) in [5, 5.41) is 8.56. The highest BCUT2D eigenvalue weighted by Gasteiger charge is 2.30. The first-order valence-electron chi connectivity index (χ1n) is 6.49. The van der Waals surface area contributed by atoms with E-state index < -0.39 is 0 Å². The first-order chi connectivity index (χ1) is 7.86. The molecule has 2 N–H and O–H groups in total. The molecule has 1 heterocycles. The zero-order chi connectivity index (χ0) is 11.4. The van der Waals surface area contributed by atoms with Crippen LogP contribution in [0.5, 0.6) is 0 Å². The molecule has 90 valence electrons. The van der Waals surface area contributed by atoms with Gasteiger partial charge in [-0.2, -0.15) is 0 Å². The molecule has 1 aromatic heterocycles. The maximum Gasteiger partial charge on any atom is 0.0874 e. The molecule has 0 amide bonds. The van der Waals surface area contributed by atoms with Crippen LogP contribution >= 0.6 is 0 Å². The highest BCUT2D eigenvalue weighted by atomic mass is 15.4. The van der Waals surface area contributed by atoms with Crippen molar-refractivity contribution >= 4 is 0 Å². The first-order valence-corrected chi connectivity index (χ1v) is 6.49. The van der Waals surface area contributed by atoms with E-state index in [1.165, 1.54) is 37.8 Å². The summed E-state index contributed by atoms with van der Waals surface area (Å²) in [5.74, 6) is 0.721. The number of rotatable bonds is 7. The van der Waals surface area contributed by atoms with E-state index in [1.807, 2.05) is 0 Å². The average Bonchev–Trinajstić information content (AvgIpc) is 3.04. The summed E-state index contributed by atoms with van der Waals surface area (Å²) in [6, 6.07) is 0. The minimum atomic E-state index is 0.674. The number of unbranched alkanes of at least 4 members (excludes halogenated alkanes) is 2. The molecule has 0 unspecified atom stereocenters. The van der Waals surface area contributed by atoms with Gasteiger partial charge in [-0.15, -0.1) is 5.10 Å². The minimum Gasteiger partial charge on any atom is -0.330 e. The lowest BCUT2D eigenvalue weighted by Crippen LogP contribution is -2.08. The van der Waals surface area contributed by atoms with E-state index in [1.54, 1.807) is 0 Å². The first kappa shape index (κ1) is 11.6. The second-order valence-electron chi connectivity index (χ2n) is 4.66. The molecule has 0 saturated heterocycles. The maximum absolute atomic E-state index is 5.60. The topological polar surface area (TPSA) is 56.7 Å². The summed E-state index contributed by atoms with van der Waals surface area (Å²) in [7, 11) is 0. The van der Waals surface area contributed by atoms with Crippen molar-refractivity contribution in [1.29, 1.82) is 0 Å². The maximum atomic E-state index is 5.60. The molecular weight excluding hydrogens is 200 g/mol. The Morgan fingerprint density at radius 1 is 1.38 bits per heavy atom. The van der Waals surface area contributed by atoms with Crippen molar-refractivity contribution in [2.24, 2.45) is 5.73 Å². The molecule has 0 aliphatic heterocycles. The number of hydrogen-bond donors (Lipinski definition) is 1. The Morgan fingerprint density at radius 3 is 2.81 bits per heavy atom. The van der Waals surface area contributed by atoms with E-state index in [0.717, 1.165) is 24.6 Å². The fourth-order valence-electron chi connectivity index (χ4n) is 2.15. The van der Waals surface area contributed by atoms with Crippen LogP contribution in [-0.2, 0) is 13.0 Å².